The van der Waals surface area contributed by atoms with Gasteiger partial charge in [0.2, 0.25) is 5.91 Å². The number of hydrogen-bond donors (Lipinski definition) is 3. The number of benzene rings is 3. The molecule has 0 spiro atoms. The van der Waals surface area contributed by atoms with E-state index in [1.807, 2.05) is 33.7 Å². The minimum Gasteiger partial charge on any atom is -0.505 e. The van der Waals surface area contributed by atoms with Gasteiger partial charge in [-0.15, -0.1) is 5.11 Å². The molecule has 0 aliphatic carbocycles. The Morgan fingerprint density at radius 3 is 2.44 bits per heavy atom. The number of phenols is 1. The highest BCUT2D eigenvalue weighted by atomic mass is 33.1. The average Bonchev–Trinajstić information content (AvgIpc) is 3.73. The van der Waals surface area contributed by atoms with Crippen molar-refractivity contribution in [2.45, 2.75) is 60.0 Å². The molecule has 16 heteroatoms. The lowest BCUT2D eigenvalue weighted by molar-refractivity contribution is -0.116. The van der Waals surface area contributed by atoms with Crippen molar-refractivity contribution in [1.82, 2.24) is 0 Å². The number of carbonyl (C=O) groups excluding carboxylic acids is 1. The minimum atomic E-state index is -4.97. The van der Waals surface area contributed by atoms with E-state index >= 15 is 0 Å². The van der Waals surface area contributed by atoms with Crippen LogP contribution in [0.4, 0.5) is 22.7 Å². The number of amides is 1. The van der Waals surface area contributed by atoms with Crippen LogP contribution >= 0.6 is 21.6 Å². The van der Waals surface area contributed by atoms with Crippen LogP contribution in [0, 0.1) is 0 Å². The number of hydrogen-bond acceptors (Lipinski definition) is 12. The highest BCUT2D eigenvalue weighted by Gasteiger charge is 2.26. The second kappa shape index (κ2) is 14.3. The topological polar surface area (TPSA) is 175 Å². The Hall–Kier alpha value is -2.89. The number of carbonyl (C=O) groups is 1. The number of fused-ring (bicyclic) bond motifs is 1. The number of nitrogens with one attached hydrogen (secondary N) is 1. The summed E-state index contributed by atoms with van der Waals surface area (Å²) >= 11 is 0. The molecule has 1 unspecified atom stereocenters. The zero-order chi connectivity index (χ0) is 32.2. The van der Waals surface area contributed by atoms with Crippen LogP contribution in [-0.2, 0) is 29.2 Å². The quantitative estimate of drug-likeness (QED) is 0.0598. The van der Waals surface area contributed by atoms with Crippen molar-refractivity contribution in [3.8, 4) is 5.75 Å². The molecule has 0 saturated carbocycles. The van der Waals surface area contributed by atoms with Crippen LogP contribution in [0.3, 0.4) is 0 Å². The van der Waals surface area contributed by atoms with Crippen molar-refractivity contribution in [3.05, 3.63) is 42.5 Å². The van der Waals surface area contributed by atoms with Gasteiger partial charge < -0.3 is 15.3 Å². The van der Waals surface area contributed by atoms with Crippen molar-refractivity contribution in [2.24, 2.45) is 10.2 Å². The molecule has 3 aromatic rings. The molecule has 45 heavy (non-hydrogen) atoms. The summed E-state index contributed by atoms with van der Waals surface area (Å²) in [5, 5.41) is 22.5. The largest absolute Gasteiger partial charge is 0.505 e. The van der Waals surface area contributed by atoms with E-state index in [-0.39, 0.29) is 22.9 Å². The van der Waals surface area contributed by atoms with Gasteiger partial charge in [-0.3, -0.25) is 13.5 Å². The van der Waals surface area contributed by atoms with Gasteiger partial charge in [0, 0.05) is 41.6 Å². The zero-order valence-corrected chi connectivity index (χ0v) is 27.8. The summed E-state index contributed by atoms with van der Waals surface area (Å²) < 4.78 is 64.7. The van der Waals surface area contributed by atoms with E-state index in [2.05, 4.69) is 24.6 Å². The fourth-order valence-electron chi connectivity index (χ4n) is 5.34. The van der Waals surface area contributed by atoms with E-state index in [0.717, 1.165) is 81.9 Å². The molecule has 0 aromatic heterocycles. The van der Waals surface area contributed by atoms with E-state index in [1.54, 1.807) is 12.1 Å². The van der Waals surface area contributed by atoms with E-state index in [1.165, 1.54) is 0 Å². The van der Waals surface area contributed by atoms with Gasteiger partial charge in [-0.25, -0.2) is 0 Å². The van der Waals surface area contributed by atoms with Crippen LogP contribution in [0.15, 0.2) is 62.5 Å². The van der Waals surface area contributed by atoms with Crippen molar-refractivity contribution in [2.75, 3.05) is 36.2 Å². The molecule has 3 N–H and O–H groups in total. The molecule has 12 nitrogen and oxygen atoms in total. The van der Waals surface area contributed by atoms with Crippen molar-refractivity contribution in [3.63, 3.8) is 0 Å². The average molecular weight is 695 g/mol. The summed E-state index contributed by atoms with van der Waals surface area (Å²) in [6.45, 7) is 1.91. The van der Waals surface area contributed by atoms with Gasteiger partial charge in [-0.1, -0.05) is 28.0 Å². The van der Waals surface area contributed by atoms with Crippen molar-refractivity contribution >= 4 is 81.3 Å². The monoisotopic (exact) mass is 694 g/mol. The summed E-state index contributed by atoms with van der Waals surface area (Å²) in [7, 11) is -4.60. The maximum Gasteiger partial charge on any atom is 0.296 e. The third-order valence-electron chi connectivity index (χ3n) is 7.68. The third kappa shape index (κ3) is 8.10. The number of phenolic OH excluding ortho intramolecular Hbond substituents is 1. The molecule has 242 valence electrons. The van der Waals surface area contributed by atoms with E-state index < -0.39 is 47.4 Å². The second-order valence-corrected chi connectivity index (χ2v) is 16.7. The first kappa shape index (κ1) is 33.5. The predicted molar refractivity (Wildman–Crippen MR) is 177 cm³/mol. The lowest BCUT2D eigenvalue weighted by Crippen LogP contribution is -2.17. The second-order valence-electron chi connectivity index (χ2n) is 10.8. The summed E-state index contributed by atoms with van der Waals surface area (Å²) in [6, 6.07) is 10.3. The normalized spacial score (nSPS) is 17.5. The summed E-state index contributed by atoms with van der Waals surface area (Å²) in [6.07, 6.45) is 5.96. The molecule has 5 rings (SSSR count). The fourth-order valence-corrected chi connectivity index (χ4v) is 9.75. The Balaban J connectivity index is 1.50. The maximum absolute atomic E-state index is 13.0. The molecule has 0 bridgehead atoms. The third-order valence-corrected chi connectivity index (χ3v) is 12.8. The maximum atomic E-state index is 13.0. The Bertz CT molecular complexity index is 1800. The van der Waals surface area contributed by atoms with Gasteiger partial charge in [0.1, 0.15) is 10.6 Å². The molecule has 2 aliphatic heterocycles. The summed E-state index contributed by atoms with van der Waals surface area (Å²) in [4.78, 5) is 14.0. The molecule has 1 amide bonds. The predicted octanol–water partition coefficient (Wildman–Crippen LogP) is 6.80. The van der Waals surface area contributed by atoms with E-state index in [0.29, 0.717) is 17.4 Å². The number of unbranched alkanes of at least 4 members (excludes halogenated alkanes) is 1. The molecule has 2 fully saturated rings. The van der Waals surface area contributed by atoms with E-state index in [4.69, 9.17) is 0 Å². The molecule has 2 heterocycles. The number of rotatable bonds is 12. The Morgan fingerprint density at radius 1 is 1.07 bits per heavy atom. The molecular weight excluding hydrogens is 661 g/mol. The Kier molecular flexibility index (Phi) is 10.6. The van der Waals surface area contributed by atoms with Gasteiger partial charge in [-0.05, 0) is 80.0 Å². The number of aromatic hydroxyl groups is 1. The molecular formula is C29H34N4O8S4. The number of azo groups is 1. The lowest BCUT2D eigenvalue weighted by atomic mass is 10.1. The van der Waals surface area contributed by atoms with Crippen LogP contribution < -0.4 is 10.2 Å². The highest BCUT2D eigenvalue weighted by Crippen LogP contribution is 2.45. The highest BCUT2D eigenvalue weighted by molar-refractivity contribution is 8.77. The molecule has 3 aromatic carbocycles. The standard InChI is InChI=1S/C29H34N4O8S4/c1-41-45(39,40)23-16-19-17-25(44(36,37)38)28(32-31-20-8-10-21(11-9-20)33-13-4-5-14-33)29(35)27(19)24(18-23)30-26(34)7-3-2-6-22-12-15-42-43-22/h8-11,16-18,22,35H,2-7,12-15H2,1H3,(H,30,34)(H,36,37,38). The smallest absolute Gasteiger partial charge is 0.296 e. The summed E-state index contributed by atoms with van der Waals surface area (Å²) in [5.41, 5.74) is 0.709. The molecule has 2 aliphatic rings. The first-order valence-electron chi connectivity index (χ1n) is 14.4. The van der Waals surface area contributed by atoms with E-state index in [9.17, 15) is 31.3 Å². The van der Waals surface area contributed by atoms with Crippen LogP contribution in [0.5, 0.6) is 5.75 Å². The van der Waals surface area contributed by atoms with Crippen molar-refractivity contribution < 1.29 is 35.5 Å². The Morgan fingerprint density at radius 2 is 1.80 bits per heavy atom. The first-order valence-corrected chi connectivity index (χ1v) is 19.7. The van der Waals surface area contributed by atoms with Gasteiger partial charge in [-0.2, -0.15) is 21.9 Å². The van der Waals surface area contributed by atoms with Crippen LogP contribution in [0.2, 0.25) is 0 Å². The molecule has 0 radical (unpaired) electrons. The fraction of sp³-hybridized carbons (Fsp3) is 0.414. The van der Waals surface area contributed by atoms with Gasteiger partial charge in [0.05, 0.1) is 23.4 Å². The SMILES string of the molecule is COS(=O)(=O)c1cc(NC(=O)CCCCC2CCSS2)c2c(O)c(N=Nc3ccc(N4CCCC4)cc3)c(S(=O)(=O)O)cc2c1. The number of anilines is 2. The lowest BCUT2D eigenvalue weighted by Gasteiger charge is -2.17. The Labute approximate surface area is 270 Å². The minimum absolute atomic E-state index is 0.0801. The van der Waals surface area contributed by atoms with Crippen LogP contribution in [0.25, 0.3) is 10.8 Å². The summed E-state index contributed by atoms with van der Waals surface area (Å²) in [5.74, 6) is -0.0138. The van der Waals surface area contributed by atoms with Crippen LogP contribution in [0.1, 0.15) is 44.9 Å². The van der Waals surface area contributed by atoms with Gasteiger partial charge in [0.25, 0.3) is 20.2 Å². The van der Waals surface area contributed by atoms with Gasteiger partial charge >= 0.3 is 0 Å². The molecule has 2 saturated heterocycles. The molecule has 1 atom stereocenters. The van der Waals surface area contributed by atoms with Crippen LogP contribution in [-0.4, -0.2) is 63.6 Å². The number of nitrogens with zero attached hydrogens (tertiary/aromatic N) is 3. The first-order chi connectivity index (χ1) is 21.5. The zero-order valence-electron chi connectivity index (χ0n) is 24.5. The van der Waals surface area contributed by atoms with Gasteiger partial charge in [0.15, 0.2) is 5.75 Å². The van der Waals surface area contributed by atoms with Crippen molar-refractivity contribution in [1.29, 1.82) is 0 Å².